The quantitative estimate of drug-likeness (QED) is 0.439. The molecule has 26 heavy (non-hydrogen) atoms. The number of hydrogen-bond donors (Lipinski definition) is 2. The third kappa shape index (κ3) is 4.97. The van der Waals surface area contributed by atoms with Crippen LogP contribution in [0.25, 0.3) is 11.3 Å². The van der Waals surface area contributed by atoms with Gasteiger partial charge < -0.3 is 9.73 Å². The van der Waals surface area contributed by atoms with Gasteiger partial charge in [0.2, 0.25) is 0 Å². The van der Waals surface area contributed by atoms with Crippen molar-refractivity contribution < 1.29 is 12.8 Å². The summed E-state index contributed by atoms with van der Waals surface area (Å²) in [6, 6.07) is 8.43. The van der Waals surface area contributed by atoms with Crippen molar-refractivity contribution in [1.29, 1.82) is 0 Å². The number of furan rings is 1. The summed E-state index contributed by atoms with van der Waals surface area (Å²) in [5.74, 6) is 1.32. The van der Waals surface area contributed by atoms with Crippen molar-refractivity contribution in [3.8, 4) is 11.3 Å². The Labute approximate surface area is 166 Å². The highest BCUT2D eigenvalue weighted by atomic mass is 35.5. The number of benzene rings is 1. The van der Waals surface area contributed by atoms with Crippen LogP contribution in [0.5, 0.6) is 0 Å². The van der Waals surface area contributed by atoms with Crippen molar-refractivity contribution in [3.05, 3.63) is 46.1 Å². The molecule has 1 aromatic carbocycles. The van der Waals surface area contributed by atoms with Crippen molar-refractivity contribution >= 4 is 56.6 Å². The van der Waals surface area contributed by atoms with Crippen molar-refractivity contribution in [2.24, 2.45) is 5.10 Å². The van der Waals surface area contributed by atoms with E-state index in [2.05, 4.69) is 15.8 Å². The van der Waals surface area contributed by atoms with Crippen LogP contribution in [-0.2, 0) is 9.84 Å². The summed E-state index contributed by atoms with van der Waals surface area (Å²) in [7, 11) is -2.96. The van der Waals surface area contributed by atoms with Crippen molar-refractivity contribution in [2.75, 3.05) is 11.5 Å². The molecule has 2 heterocycles. The molecular formula is C16H15Cl2N3O3S2. The summed E-state index contributed by atoms with van der Waals surface area (Å²) in [6.07, 6.45) is 2.00. The molecule has 0 aliphatic carbocycles. The fraction of sp³-hybridized carbons (Fsp3) is 0.250. The molecule has 2 aromatic rings. The predicted octanol–water partition coefficient (Wildman–Crippen LogP) is 3.24. The molecule has 0 radical (unpaired) electrons. The Kier molecular flexibility index (Phi) is 5.86. The largest absolute Gasteiger partial charge is 0.455 e. The van der Waals surface area contributed by atoms with E-state index in [1.165, 1.54) is 6.21 Å². The maximum absolute atomic E-state index is 11.4. The standard InChI is InChI=1S/C16H15Cl2N3O3S2/c17-10-1-3-14(18)13(7-10)15-4-2-12(24-15)8-19-21-16(25)20-11-5-6-26(22,23)9-11/h1-4,7-8,11H,5-6,9H2,(H2,20,21,25)/b19-8-/t11-/m0/s1. The number of thiocarbonyl (C=S) groups is 1. The van der Waals surface area contributed by atoms with Gasteiger partial charge in [0.1, 0.15) is 11.5 Å². The molecule has 0 amide bonds. The Morgan fingerprint density at radius 3 is 2.85 bits per heavy atom. The van der Waals surface area contributed by atoms with Gasteiger partial charge in [-0.25, -0.2) is 8.42 Å². The zero-order valence-corrected chi connectivity index (χ0v) is 16.6. The minimum atomic E-state index is -2.96. The zero-order chi connectivity index (χ0) is 18.7. The number of hydrazone groups is 1. The average molecular weight is 432 g/mol. The summed E-state index contributed by atoms with van der Waals surface area (Å²) in [5.41, 5.74) is 3.33. The van der Waals surface area contributed by atoms with E-state index in [4.69, 9.17) is 39.8 Å². The number of nitrogens with one attached hydrogen (secondary N) is 2. The van der Waals surface area contributed by atoms with Crippen molar-refractivity contribution in [3.63, 3.8) is 0 Å². The summed E-state index contributed by atoms with van der Waals surface area (Å²) in [6.45, 7) is 0. The number of halogens is 2. The minimum Gasteiger partial charge on any atom is -0.455 e. The summed E-state index contributed by atoms with van der Waals surface area (Å²) < 4.78 is 28.5. The van der Waals surface area contributed by atoms with Gasteiger partial charge in [0.25, 0.3) is 0 Å². The fourth-order valence-electron chi connectivity index (χ4n) is 2.53. The van der Waals surface area contributed by atoms with Crippen LogP contribution < -0.4 is 10.7 Å². The van der Waals surface area contributed by atoms with E-state index in [9.17, 15) is 8.42 Å². The Morgan fingerprint density at radius 2 is 2.12 bits per heavy atom. The molecule has 0 saturated carbocycles. The van der Waals surface area contributed by atoms with Crippen LogP contribution in [0.3, 0.4) is 0 Å². The number of nitrogens with zero attached hydrogens (tertiary/aromatic N) is 1. The molecule has 2 N–H and O–H groups in total. The molecule has 3 rings (SSSR count). The highest BCUT2D eigenvalue weighted by molar-refractivity contribution is 7.91. The maximum Gasteiger partial charge on any atom is 0.187 e. The molecular weight excluding hydrogens is 417 g/mol. The molecule has 1 atom stereocenters. The first-order chi connectivity index (χ1) is 12.3. The highest BCUT2D eigenvalue weighted by Gasteiger charge is 2.28. The van der Waals surface area contributed by atoms with E-state index in [-0.39, 0.29) is 22.7 Å². The van der Waals surface area contributed by atoms with Gasteiger partial charge in [-0.15, -0.1) is 0 Å². The average Bonchev–Trinajstić information content (AvgIpc) is 3.16. The first-order valence-electron chi connectivity index (χ1n) is 7.68. The smallest absolute Gasteiger partial charge is 0.187 e. The Bertz CT molecular complexity index is 957. The molecule has 1 aliphatic heterocycles. The summed E-state index contributed by atoms with van der Waals surface area (Å²) >= 11 is 17.2. The predicted molar refractivity (Wildman–Crippen MR) is 108 cm³/mol. The first kappa shape index (κ1) is 19.2. The minimum absolute atomic E-state index is 0.0838. The van der Waals surface area contributed by atoms with Gasteiger partial charge in [-0.3, -0.25) is 5.43 Å². The monoisotopic (exact) mass is 431 g/mol. The molecule has 1 fully saturated rings. The van der Waals surface area contributed by atoms with E-state index >= 15 is 0 Å². The zero-order valence-electron chi connectivity index (χ0n) is 13.4. The van der Waals surface area contributed by atoms with Crippen LogP contribution in [0.2, 0.25) is 10.0 Å². The van der Waals surface area contributed by atoms with E-state index in [0.29, 0.717) is 33.6 Å². The van der Waals surface area contributed by atoms with E-state index < -0.39 is 9.84 Å². The maximum atomic E-state index is 11.4. The van der Waals surface area contributed by atoms with Crippen LogP contribution in [0.1, 0.15) is 12.2 Å². The lowest BCUT2D eigenvalue weighted by atomic mass is 10.2. The molecule has 0 spiro atoms. The van der Waals surface area contributed by atoms with Crippen LogP contribution in [0.15, 0.2) is 39.9 Å². The molecule has 1 aliphatic rings. The number of sulfone groups is 1. The van der Waals surface area contributed by atoms with Crippen LogP contribution in [0.4, 0.5) is 0 Å². The highest BCUT2D eigenvalue weighted by Crippen LogP contribution is 2.31. The van der Waals surface area contributed by atoms with Gasteiger partial charge >= 0.3 is 0 Å². The molecule has 10 heteroatoms. The van der Waals surface area contributed by atoms with Crippen molar-refractivity contribution in [1.82, 2.24) is 10.7 Å². The second kappa shape index (κ2) is 7.96. The second-order valence-corrected chi connectivity index (χ2v) is 9.25. The Morgan fingerprint density at radius 1 is 1.31 bits per heavy atom. The van der Waals surface area contributed by atoms with E-state index in [1.807, 2.05) is 0 Å². The van der Waals surface area contributed by atoms with Crippen LogP contribution >= 0.6 is 35.4 Å². The van der Waals surface area contributed by atoms with E-state index in [1.54, 1.807) is 30.3 Å². The van der Waals surface area contributed by atoms with Crippen molar-refractivity contribution in [2.45, 2.75) is 12.5 Å². The van der Waals surface area contributed by atoms with Gasteiger partial charge in [-0.2, -0.15) is 5.10 Å². The molecule has 1 aromatic heterocycles. The molecule has 1 saturated heterocycles. The summed E-state index contributed by atoms with van der Waals surface area (Å²) in [5, 5.41) is 8.26. The van der Waals surface area contributed by atoms with Gasteiger partial charge in [0, 0.05) is 16.6 Å². The van der Waals surface area contributed by atoms with Gasteiger partial charge in [0.05, 0.1) is 22.7 Å². The van der Waals surface area contributed by atoms with Crippen LogP contribution in [0, 0.1) is 0 Å². The topological polar surface area (TPSA) is 83.7 Å². The van der Waals surface area contributed by atoms with Crippen LogP contribution in [-0.4, -0.2) is 37.3 Å². The lowest BCUT2D eigenvalue weighted by Crippen LogP contribution is -2.40. The Hall–Kier alpha value is -1.61. The lowest BCUT2D eigenvalue weighted by Gasteiger charge is -2.11. The lowest BCUT2D eigenvalue weighted by molar-refractivity contribution is 0.574. The number of rotatable bonds is 4. The SMILES string of the molecule is O=S1(=O)CC[C@H](NC(=S)N/N=C\c2ccc(-c3cc(Cl)ccc3Cl)o2)C1. The third-order valence-corrected chi connectivity index (χ3v) is 6.29. The number of hydrogen-bond acceptors (Lipinski definition) is 5. The van der Waals surface area contributed by atoms with Gasteiger partial charge in [-0.05, 0) is 49.0 Å². The van der Waals surface area contributed by atoms with Gasteiger partial charge in [-0.1, -0.05) is 23.2 Å². The van der Waals surface area contributed by atoms with E-state index in [0.717, 1.165) is 0 Å². The molecule has 6 nitrogen and oxygen atoms in total. The third-order valence-electron chi connectivity index (χ3n) is 3.75. The second-order valence-electron chi connectivity index (χ2n) is 5.77. The van der Waals surface area contributed by atoms with Gasteiger partial charge in [0.15, 0.2) is 14.9 Å². The molecule has 138 valence electrons. The first-order valence-corrected chi connectivity index (χ1v) is 10.7. The summed E-state index contributed by atoms with van der Waals surface area (Å²) in [4.78, 5) is 0. The normalized spacial score (nSPS) is 18.9. The fourth-order valence-corrected chi connectivity index (χ4v) is 4.81. The Balaban J connectivity index is 1.57. The molecule has 0 unspecified atom stereocenters. The molecule has 0 bridgehead atoms.